The normalized spacial score (nSPS) is 25.8. The maximum Gasteiger partial charge on any atom is 0.112 e. The molecule has 0 spiro atoms. The molecule has 126 valence electrons. The van der Waals surface area contributed by atoms with E-state index < -0.39 is 0 Å². The van der Waals surface area contributed by atoms with E-state index in [9.17, 15) is 0 Å². The van der Waals surface area contributed by atoms with E-state index in [2.05, 4.69) is 23.1 Å². The summed E-state index contributed by atoms with van der Waals surface area (Å²) in [5.74, 6) is 0.945. The molecule has 0 bridgehead atoms. The molecule has 2 N–H and O–H groups in total. The Morgan fingerprint density at radius 3 is 2.73 bits per heavy atom. The molecule has 1 saturated heterocycles. The third-order valence-electron chi connectivity index (χ3n) is 4.80. The van der Waals surface area contributed by atoms with E-state index in [-0.39, 0.29) is 12.1 Å². The monoisotopic (exact) mass is 326 g/mol. The lowest BCUT2D eigenvalue weighted by Crippen LogP contribution is -2.39. The first kappa shape index (κ1) is 18.0. The van der Waals surface area contributed by atoms with Crippen LogP contribution >= 0.6 is 11.6 Å². The Morgan fingerprint density at radius 1 is 1.36 bits per heavy atom. The van der Waals surface area contributed by atoms with Crippen molar-refractivity contribution < 1.29 is 4.74 Å². The fourth-order valence-corrected chi connectivity index (χ4v) is 3.70. The summed E-state index contributed by atoms with van der Waals surface area (Å²) < 4.78 is 5.65. The molecular weight excluding hydrogens is 296 g/mol. The summed E-state index contributed by atoms with van der Waals surface area (Å²) in [6.45, 7) is 5.14. The summed E-state index contributed by atoms with van der Waals surface area (Å²) in [6.07, 6.45) is 13.9. The number of hydrogen-bond donors (Lipinski definition) is 1. The Kier molecular flexibility index (Phi) is 7.95. The highest BCUT2D eigenvalue weighted by molar-refractivity contribution is 6.17. The summed E-state index contributed by atoms with van der Waals surface area (Å²) in [5, 5.41) is 0. The number of nitrogens with two attached hydrogens (primary N) is 1. The lowest BCUT2D eigenvalue weighted by atomic mass is 9.87. The second-order valence-corrected chi connectivity index (χ2v) is 6.70. The van der Waals surface area contributed by atoms with E-state index in [1.807, 2.05) is 6.92 Å². The second kappa shape index (κ2) is 9.71. The number of halogens is 1. The highest BCUT2D eigenvalue weighted by Gasteiger charge is 2.25. The fourth-order valence-electron chi connectivity index (χ4n) is 3.55. The SMILES string of the molecule is CCOC(N)C(CCCCl)C1=CCC(N2CCCCC2)C=C1. The molecule has 2 rings (SSSR count). The Morgan fingerprint density at radius 2 is 2.14 bits per heavy atom. The molecule has 0 saturated carbocycles. The van der Waals surface area contributed by atoms with Gasteiger partial charge in [-0.25, -0.2) is 0 Å². The Hall–Kier alpha value is -0.350. The predicted octanol–water partition coefficient (Wildman–Crippen LogP) is 3.68. The van der Waals surface area contributed by atoms with Crippen molar-refractivity contribution in [3.63, 3.8) is 0 Å². The van der Waals surface area contributed by atoms with Crippen LogP contribution in [-0.4, -0.2) is 42.7 Å². The van der Waals surface area contributed by atoms with Gasteiger partial charge in [0.05, 0.1) is 0 Å². The molecule has 1 heterocycles. The van der Waals surface area contributed by atoms with Crippen molar-refractivity contribution in [2.75, 3.05) is 25.6 Å². The average Bonchev–Trinajstić information content (AvgIpc) is 2.57. The van der Waals surface area contributed by atoms with Crippen LogP contribution in [0.4, 0.5) is 0 Å². The Bertz CT molecular complexity index is 377. The minimum Gasteiger partial charge on any atom is -0.363 e. The molecule has 3 unspecified atom stereocenters. The van der Waals surface area contributed by atoms with Crippen LogP contribution < -0.4 is 5.73 Å². The van der Waals surface area contributed by atoms with Gasteiger partial charge >= 0.3 is 0 Å². The number of ether oxygens (including phenoxy) is 1. The molecule has 0 aromatic rings. The fraction of sp³-hybridized carbons (Fsp3) is 0.778. The molecule has 3 nitrogen and oxygen atoms in total. The Balaban J connectivity index is 1.94. The van der Waals surface area contributed by atoms with Crippen molar-refractivity contribution in [1.82, 2.24) is 4.90 Å². The summed E-state index contributed by atoms with van der Waals surface area (Å²) in [4.78, 5) is 2.61. The van der Waals surface area contributed by atoms with Gasteiger partial charge in [-0.05, 0) is 57.7 Å². The van der Waals surface area contributed by atoms with Crippen LogP contribution in [0.15, 0.2) is 23.8 Å². The smallest absolute Gasteiger partial charge is 0.112 e. The molecule has 2 aliphatic rings. The number of hydrogen-bond acceptors (Lipinski definition) is 3. The van der Waals surface area contributed by atoms with Crippen molar-refractivity contribution in [2.24, 2.45) is 11.7 Å². The molecule has 4 heteroatoms. The standard InChI is InChI=1S/C18H31ClN2O/c1-2-22-18(20)17(7-6-12-19)15-8-10-16(11-9-15)21-13-4-3-5-14-21/h8-10,16-18H,2-7,11-14,20H2,1H3. The van der Waals surface area contributed by atoms with Gasteiger partial charge in [-0.3, -0.25) is 4.90 Å². The summed E-state index contributed by atoms with van der Waals surface area (Å²) in [7, 11) is 0. The van der Waals surface area contributed by atoms with Gasteiger partial charge in [0.1, 0.15) is 6.23 Å². The molecule has 0 aromatic heterocycles. The molecule has 0 radical (unpaired) electrons. The van der Waals surface area contributed by atoms with Gasteiger partial charge in [-0.1, -0.05) is 24.6 Å². The molecule has 22 heavy (non-hydrogen) atoms. The number of allylic oxidation sites excluding steroid dienone is 1. The first-order chi connectivity index (χ1) is 10.8. The molecule has 1 fully saturated rings. The molecule has 1 aliphatic carbocycles. The van der Waals surface area contributed by atoms with Gasteiger partial charge in [-0.2, -0.15) is 0 Å². The zero-order valence-corrected chi connectivity index (χ0v) is 14.6. The van der Waals surface area contributed by atoms with Gasteiger partial charge in [0.2, 0.25) is 0 Å². The van der Waals surface area contributed by atoms with Crippen molar-refractivity contribution in [1.29, 1.82) is 0 Å². The molecule has 0 amide bonds. The minimum atomic E-state index is -0.226. The largest absolute Gasteiger partial charge is 0.363 e. The van der Waals surface area contributed by atoms with Gasteiger partial charge in [-0.15, -0.1) is 11.6 Å². The molecule has 1 aliphatic heterocycles. The van der Waals surface area contributed by atoms with Crippen molar-refractivity contribution in [3.05, 3.63) is 23.8 Å². The predicted molar refractivity (Wildman–Crippen MR) is 94.1 cm³/mol. The maximum atomic E-state index is 6.23. The third-order valence-corrected chi connectivity index (χ3v) is 5.07. The van der Waals surface area contributed by atoms with Crippen LogP contribution in [-0.2, 0) is 4.74 Å². The lowest BCUT2D eigenvalue weighted by Gasteiger charge is -2.35. The zero-order valence-electron chi connectivity index (χ0n) is 13.8. The van der Waals surface area contributed by atoms with E-state index in [0.29, 0.717) is 18.5 Å². The molecule has 3 atom stereocenters. The summed E-state index contributed by atoms with van der Waals surface area (Å²) in [5.41, 5.74) is 7.56. The number of likely N-dealkylation sites (tertiary alicyclic amines) is 1. The number of nitrogens with zero attached hydrogens (tertiary/aromatic N) is 1. The van der Waals surface area contributed by atoms with Gasteiger partial charge in [0, 0.05) is 24.4 Å². The highest BCUT2D eigenvalue weighted by Crippen LogP contribution is 2.28. The van der Waals surface area contributed by atoms with Gasteiger partial charge < -0.3 is 10.5 Å². The highest BCUT2D eigenvalue weighted by atomic mass is 35.5. The Labute approximate surface area is 140 Å². The first-order valence-electron chi connectivity index (χ1n) is 8.81. The van der Waals surface area contributed by atoms with E-state index >= 15 is 0 Å². The maximum absolute atomic E-state index is 6.23. The lowest BCUT2D eigenvalue weighted by molar-refractivity contribution is 0.0333. The topological polar surface area (TPSA) is 38.5 Å². The van der Waals surface area contributed by atoms with Crippen molar-refractivity contribution in [3.8, 4) is 0 Å². The van der Waals surface area contributed by atoms with Crippen LogP contribution in [0.25, 0.3) is 0 Å². The number of rotatable bonds is 8. The van der Waals surface area contributed by atoms with Crippen LogP contribution in [0.1, 0.15) is 45.4 Å². The zero-order chi connectivity index (χ0) is 15.8. The second-order valence-electron chi connectivity index (χ2n) is 6.32. The minimum absolute atomic E-state index is 0.226. The van der Waals surface area contributed by atoms with E-state index in [1.54, 1.807) is 0 Å². The number of piperidine rings is 1. The average molecular weight is 327 g/mol. The van der Waals surface area contributed by atoms with Gasteiger partial charge in [0.25, 0.3) is 0 Å². The summed E-state index contributed by atoms with van der Waals surface area (Å²) >= 11 is 5.87. The van der Waals surface area contributed by atoms with Crippen LogP contribution in [0.3, 0.4) is 0 Å². The van der Waals surface area contributed by atoms with Crippen LogP contribution in [0, 0.1) is 5.92 Å². The van der Waals surface area contributed by atoms with Crippen LogP contribution in [0.2, 0.25) is 0 Å². The quantitative estimate of drug-likeness (QED) is 0.546. The first-order valence-corrected chi connectivity index (χ1v) is 9.35. The van der Waals surface area contributed by atoms with Gasteiger partial charge in [0.15, 0.2) is 0 Å². The van der Waals surface area contributed by atoms with E-state index in [0.717, 1.165) is 19.3 Å². The third kappa shape index (κ3) is 5.09. The molecular formula is C18H31ClN2O. The molecule has 0 aromatic carbocycles. The van der Waals surface area contributed by atoms with Crippen LogP contribution in [0.5, 0.6) is 0 Å². The summed E-state index contributed by atoms with van der Waals surface area (Å²) in [6, 6.07) is 0.570. The van der Waals surface area contributed by atoms with E-state index in [4.69, 9.17) is 22.1 Å². The van der Waals surface area contributed by atoms with Crippen molar-refractivity contribution in [2.45, 2.75) is 57.7 Å². The van der Waals surface area contributed by atoms with Crippen molar-refractivity contribution >= 4 is 11.6 Å². The number of alkyl halides is 1. The van der Waals surface area contributed by atoms with E-state index in [1.165, 1.54) is 37.9 Å².